The Morgan fingerprint density at radius 1 is 1.17 bits per heavy atom. The molecule has 1 aliphatic rings. The first kappa shape index (κ1) is 16.6. The van der Waals surface area contributed by atoms with Crippen LogP contribution in [0.15, 0.2) is 48.5 Å². The van der Waals surface area contributed by atoms with Crippen LogP contribution in [-0.4, -0.2) is 30.5 Å². The van der Waals surface area contributed by atoms with Crippen molar-refractivity contribution in [2.75, 3.05) is 13.2 Å². The molecule has 7 heteroatoms. The van der Waals surface area contributed by atoms with Crippen LogP contribution in [0.5, 0.6) is 23.0 Å². The highest BCUT2D eigenvalue weighted by atomic mass is 16.7. The third kappa shape index (κ3) is 4.35. The lowest BCUT2D eigenvalue weighted by atomic mass is 10.2. The van der Waals surface area contributed by atoms with Crippen LogP contribution < -0.4 is 25.7 Å². The van der Waals surface area contributed by atoms with Crippen molar-refractivity contribution in [1.82, 2.24) is 0 Å². The zero-order valence-corrected chi connectivity index (χ0v) is 12.3. The Bertz CT molecular complexity index is 650. The fourth-order valence-electron chi connectivity index (χ4n) is 1.90. The van der Waals surface area contributed by atoms with E-state index in [4.69, 9.17) is 24.7 Å². The summed E-state index contributed by atoms with van der Waals surface area (Å²) in [6.07, 6.45) is 0.250. The molecule has 23 heavy (non-hydrogen) atoms. The fraction of sp³-hybridized carbons (Fsp3) is 0.188. The van der Waals surface area contributed by atoms with Gasteiger partial charge >= 0.3 is 0 Å². The van der Waals surface area contributed by atoms with E-state index in [1.165, 1.54) is 0 Å². The predicted octanol–water partition coefficient (Wildman–Crippen LogP) is 0.999. The lowest BCUT2D eigenvalue weighted by Gasteiger charge is -2.32. The number of rotatable bonds is 3. The zero-order chi connectivity index (χ0) is 16.7. The maximum absolute atomic E-state index is 9.99. The molecule has 3 rings (SSSR count). The van der Waals surface area contributed by atoms with E-state index in [1.807, 2.05) is 30.3 Å². The summed E-state index contributed by atoms with van der Waals surface area (Å²) < 4.78 is 16.6. The molecule has 1 atom stereocenters. The number of hydrogen-bond donors (Lipinski definition) is 3. The van der Waals surface area contributed by atoms with Gasteiger partial charge in [-0.3, -0.25) is 4.79 Å². The molecule has 0 radical (unpaired) electrons. The number of carbonyl (C=O) groups is 1. The summed E-state index contributed by atoms with van der Waals surface area (Å²) >= 11 is 0. The van der Waals surface area contributed by atoms with E-state index < -0.39 is 5.79 Å². The van der Waals surface area contributed by atoms with Crippen LogP contribution in [0.2, 0.25) is 0 Å². The Morgan fingerprint density at radius 2 is 1.87 bits per heavy atom. The first-order chi connectivity index (χ1) is 11.1. The van der Waals surface area contributed by atoms with Crippen molar-refractivity contribution in [3.8, 4) is 23.0 Å². The van der Waals surface area contributed by atoms with Gasteiger partial charge in [0.05, 0.1) is 6.54 Å². The maximum atomic E-state index is 9.99. The Labute approximate surface area is 133 Å². The monoisotopic (exact) mass is 318 g/mol. The molecule has 7 nitrogen and oxygen atoms in total. The largest absolute Gasteiger partial charge is 0.483 e. The Hall–Kier alpha value is -2.77. The van der Waals surface area contributed by atoms with Crippen molar-refractivity contribution >= 4 is 6.41 Å². The second kappa shape index (κ2) is 7.48. The smallest absolute Gasteiger partial charge is 0.255 e. The van der Waals surface area contributed by atoms with Crippen LogP contribution in [0.1, 0.15) is 0 Å². The number of fused-ring (bicyclic) bond motifs is 1. The van der Waals surface area contributed by atoms with E-state index >= 15 is 0 Å². The standard InChI is InChI=1S/C15H15NO4.CH3NO/c16-9-15(17)10-18-13-7-6-12(8-14(13)20-15)19-11-4-2-1-3-5-11;2-1-3/h1-8,17H,9-10,16H2;1H,(H2,2,3). The highest BCUT2D eigenvalue weighted by Crippen LogP contribution is 2.38. The second-order valence-electron chi connectivity index (χ2n) is 4.70. The summed E-state index contributed by atoms with van der Waals surface area (Å²) in [4.78, 5) is 8.58. The molecule has 0 saturated heterocycles. The number of amides is 1. The average molecular weight is 318 g/mol. The molecule has 0 saturated carbocycles. The number of benzene rings is 2. The van der Waals surface area contributed by atoms with Crippen LogP contribution >= 0.6 is 0 Å². The van der Waals surface area contributed by atoms with Crippen molar-refractivity contribution in [2.24, 2.45) is 11.5 Å². The van der Waals surface area contributed by atoms with Crippen LogP contribution in [0.3, 0.4) is 0 Å². The molecular weight excluding hydrogens is 300 g/mol. The van der Waals surface area contributed by atoms with Gasteiger partial charge in [-0.2, -0.15) is 0 Å². The van der Waals surface area contributed by atoms with Gasteiger partial charge in [-0.15, -0.1) is 0 Å². The minimum atomic E-state index is -1.49. The molecule has 1 amide bonds. The summed E-state index contributed by atoms with van der Waals surface area (Å²) in [6, 6.07) is 14.6. The predicted molar refractivity (Wildman–Crippen MR) is 83.3 cm³/mol. The fourth-order valence-corrected chi connectivity index (χ4v) is 1.90. The van der Waals surface area contributed by atoms with Crippen molar-refractivity contribution < 1.29 is 24.1 Å². The van der Waals surface area contributed by atoms with Gasteiger partial charge in [-0.25, -0.2) is 0 Å². The molecule has 2 aromatic rings. The summed E-state index contributed by atoms with van der Waals surface area (Å²) in [5.74, 6) is 0.803. The number of primary amides is 1. The number of hydrogen-bond acceptors (Lipinski definition) is 6. The normalized spacial score (nSPS) is 18.3. The molecule has 0 bridgehead atoms. The van der Waals surface area contributed by atoms with E-state index in [-0.39, 0.29) is 19.6 Å². The van der Waals surface area contributed by atoms with Crippen LogP contribution in [0, 0.1) is 0 Å². The third-order valence-corrected chi connectivity index (χ3v) is 2.97. The number of nitrogens with two attached hydrogens (primary N) is 2. The molecule has 2 aromatic carbocycles. The zero-order valence-electron chi connectivity index (χ0n) is 12.3. The Kier molecular flexibility index (Phi) is 5.40. The van der Waals surface area contributed by atoms with E-state index in [1.54, 1.807) is 18.2 Å². The molecule has 0 fully saturated rings. The van der Waals surface area contributed by atoms with E-state index in [2.05, 4.69) is 5.73 Å². The summed E-state index contributed by atoms with van der Waals surface area (Å²) in [5.41, 5.74) is 9.64. The second-order valence-corrected chi connectivity index (χ2v) is 4.70. The maximum Gasteiger partial charge on any atom is 0.255 e. The Morgan fingerprint density at radius 3 is 2.52 bits per heavy atom. The number of carbonyl (C=O) groups excluding carboxylic acids is 1. The molecule has 1 unspecified atom stereocenters. The molecule has 1 aliphatic heterocycles. The topological polar surface area (TPSA) is 117 Å². The van der Waals surface area contributed by atoms with Gasteiger partial charge in [0.25, 0.3) is 5.79 Å². The molecule has 5 N–H and O–H groups in total. The number of para-hydroxylation sites is 1. The first-order valence-electron chi connectivity index (χ1n) is 6.87. The van der Waals surface area contributed by atoms with Crippen molar-refractivity contribution in [3.63, 3.8) is 0 Å². The third-order valence-electron chi connectivity index (χ3n) is 2.97. The van der Waals surface area contributed by atoms with Crippen LogP contribution in [-0.2, 0) is 4.79 Å². The van der Waals surface area contributed by atoms with E-state index in [0.717, 1.165) is 5.75 Å². The molecular formula is C16H18N2O5. The lowest BCUT2D eigenvalue weighted by Crippen LogP contribution is -2.50. The van der Waals surface area contributed by atoms with Crippen LogP contribution in [0.4, 0.5) is 0 Å². The highest BCUT2D eigenvalue weighted by molar-refractivity contribution is 5.48. The van der Waals surface area contributed by atoms with Gasteiger partial charge in [-0.1, -0.05) is 18.2 Å². The minimum Gasteiger partial charge on any atom is -0.483 e. The lowest BCUT2D eigenvalue weighted by molar-refractivity contribution is -0.166. The van der Waals surface area contributed by atoms with Gasteiger partial charge in [0.1, 0.15) is 11.5 Å². The molecule has 0 aliphatic carbocycles. The summed E-state index contributed by atoms with van der Waals surface area (Å²) in [6.45, 7) is -0.0361. The average Bonchev–Trinajstić information content (AvgIpc) is 2.56. The summed E-state index contributed by atoms with van der Waals surface area (Å²) in [7, 11) is 0. The first-order valence-corrected chi connectivity index (χ1v) is 6.87. The van der Waals surface area contributed by atoms with Crippen molar-refractivity contribution in [2.45, 2.75) is 5.79 Å². The van der Waals surface area contributed by atoms with Crippen molar-refractivity contribution in [1.29, 1.82) is 0 Å². The van der Waals surface area contributed by atoms with Gasteiger partial charge in [0.15, 0.2) is 18.1 Å². The van der Waals surface area contributed by atoms with Crippen LogP contribution in [0.25, 0.3) is 0 Å². The SMILES string of the molecule is NC=O.NCC1(O)COc2ccc(Oc3ccccc3)cc2O1. The minimum absolute atomic E-state index is 0.00931. The van der Waals surface area contributed by atoms with Gasteiger partial charge in [0, 0.05) is 6.07 Å². The van der Waals surface area contributed by atoms with Gasteiger partial charge in [-0.05, 0) is 24.3 Å². The molecule has 0 aromatic heterocycles. The quantitative estimate of drug-likeness (QED) is 0.727. The Balaban J connectivity index is 0.000000595. The van der Waals surface area contributed by atoms with E-state index in [0.29, 0.717) is 17.2 Å². The summed E-state index contributed by atoms with van der Waals surface area (Å²) in [5, 5.41) is 9.99. The molecule has 122 valence electrons. The number of ether oxygens (including phenoxy) is 3. The highest BCUT2D eigenvalue weighted by Gasteiger charge is 2.34. The number of aliphatic hydroxyl groups is 1. The molecule has 0 spiro atoms. The van der Waals surface area contributed by atoms with E-state index in [9.17, 15) is 5.11 Å². The van der Waals surface area contributed by atoms with Crippen molar-refractivity contribution in [3.05, 3.63) is 48.5 Å². The van der Waals surface area contributed by atoms with Gasteiger partial charge < -0.3 is 30.8 Å². The molecule has 1 heterocycles. The van der Waals surface area contributed by atoms with Gasteiger partial charge in [0.2, 0.25) is 6.41 Å².